The summed E-state index contributed by atoms with van der Waals surface area (Å²) in [6.07, 6.45) is 2.95. The molecule has 1 aliphatic heterocycles. The monoisotopic (exact) mass is 439 g/mol. The van der Waals surface area contributed by atoms with Gasteiger partial charge in [0.1, 0.15) is 5.75 Å². The van der Waals surface area contributed by atoms with Gasteiger partial charge in [-0.2, -0.15) is 0 Å². The van der Waals surface area contributed by atoms with Crippen LogP contribution in [0.25, 0.3) is 0 Å². The van der Waals surface area contributed by atoms with Gasteiger partial charge < -0.3 is 14.4 Å². The summed E-state index contributed by atoms with van der Waals surface area (Å²) >= 11 is 3.32. The average Bonchev–Trinajstić information content (AvgIpc) is 2.64. The minimum Gasteiger partial charge on any atom is -0.496 e. The highest BCUT2D eigenvalue weighted by atomic mass is 79.9. The number of piperidine rings is 1. The molecule has 0 bridgehead atoms. The predicted octanol–water partition coefficient (Wildman–Crippen LogP) is 3.75. The Hall–Kier alpha value is -1.89. The molecule has 6 nitrogen and oxygen atoms in total. The van der Waals surface area contributed by atoms with Crippen LogP contribution in [-0.4, -0.2) is 48.4 Å². The Morgan fingerprint density at radius 3 is 2.44 bits per heavy atom. The Bertz CT molecular complexity index is 696. The number of hydrogen-bond donors (Lipinski definition) is 0. The molecule has 1 aliphatic rings. The van der Waals surface area contributed by atoms with Gasteiger partial charge in [-0.25, -0.2) is 0 Å². The number of Topliss-reactive ketones (excluding diaryl/α,β-unsaturated/α-hetero) is 1. The van der Waals surface area contributed by atoms with Crippen molar-refractivity contribution in [2.24, 2.45) is 0 Å². The number of esters is 1. The van der Waals surface area contributed by atoms with Crippen LogP contribution in [0.5, 0.6) is 5.75 Å². The van der Waals surface area contributed by atoms with Crippen LogP contribution in [0.2, 0.25) is 0 Å². The van der Waals surface area contributed by atoms with Gasteiger partial charge in [0.25, 0.3) is 5.91 Å². The number of rotatable bonds is 7. The standard InChI is InChI=1S/C20H26BrNO5/c1-13-5-4-6-14(2)22(13)19(24)12-27-20(25)10-8-17(23)16-11-15(21)7-9-18(16)26-3/h7,9,11,13-14H,4-6,8,10,12H2,1-3H3. The van der Waals surface area contributed by atoms with Crippen molar-refractivity contribution in [3.63, 3.8) is 0 Å². The fourth-order valence-electron chi connectivity index (χ4n) is 3.45. The van der Waals surface area contributed by atoms with E-state index in [2.05, 4.69) is 15.9 Å². The molecule has 27 heavy (non-hydrogen) atoms. The van der Waals surface area contributed by atoms with E-state index in [0.717, 1.165) is 23.7 Å². The van der Waals surface area contributed by atoms with E-state index in [1.54, 1.807) is 23.1 Å². The van der Waals surface area contributed by atoms with Crippen molar-refractivity contribution in [1.29, 1.82) is 0 Å². The molecular formula is C20H26BrNO5. The number of carbonyl (C=O) groups is 3. The van der Waals surface area contributed by atoms with Gasteiger partial charge in [0.15, 0.2) is 12.4 Å². The molecule has 1 fully saturated rings. The first-order valence-corrected chi connectivity index (χ1v) is 9.96. The van der Waals surface area contributed by atoms with E-state index in [4.69, 9.17) is 9.47 Å². The fourth-order valence-corrected chi connectivity index (χ4v) is 3.81. The van der Waals surface area contributed by atoms with E-state index in [1.807, 2.05) is 13.8 Å². The van der Waals surface area contributed by atoms with Crippen LogP contribution in [0.3, 0.4) is 0 Å². The second kappa shape index (κ2) is 9.88. The van der Waals surface area contributed by atoms with Crippen molar-refractivity contribution < 1.29 is 23.9 Å². The van der Waals surface area contributed by atoms with Crippen LogP contribution in [0.4, 0.5) is 0 Å². The summed E-state index contributed by atoms with van der Waals surface area (Å²) in [5.74, 6) is -0.486. The number of nitrogens with zero attached hydrogens (tertiary/aromatic N) is 1. The Morgan fingerprint density at radius 1 is 1.15 bits per heavy atom. The Kier molecular flexibility index (Phi) is 7.83. The number of carbonyl (C=O) groups excluding carboxylic acids is 3. The third-order valence-corrected chi connectivity index (χ3v) is 5.35. The van der Waals surface area contributed by atoms with Crippen LogP contribution >= 0.6 is 15.9 Å². The van der Waals surface area contributed by atoms with E-state index in [1.165, 1.54) is 7.11 Å². The number of halogens is 1. The SMILES string of the molecule is COc1ccc(Br)cc1C(=O)CCC(=O)OCC(=O)N1C(C)CCCC1C. The third kappa shape index (κ3) is 5.79. The van der Waals surface area contributed by atoms with Gasteiger partial charge >= 0.3 is 5.97 Å². The van der Waals surface area contributed by atoms with Gasteiger partial charge in [-0.1, -0.05) is 15.9 Å². The number of ketones is 1. The van der Waals surface area contributed by atoms with E-state index in [9.17, 15) is 14.4 Å². The molecule has 2 unspecified atom stereocenters. The molecule has 0 radical (unpaired) electrons. The average molecular weight is 440 g/mol. The number of likely N-dealkylation sites (tertiary alicyclic amines) is 1. The summed E-state index contributed by atoms with van der Waals surface area (Å²) in [5.41, 5.74) is 0.409. The smallest absolute Gasteiger partial charge is 0.306 e. The summed E-state index contributed by atoms with van der Waals surface area (Å²) in [6, 6.07) is 5.44. The summed E-state index contributed by atoms with van der Waals surface area (Å²) in [7, 11) is 1.49. The molecule has 7 heteroatoms. The molecule has 148 valence electrons. The number of methoxy groups -OCH3 is 1. The summed E-state index contributed by atoms with van der Waals surface area (Å²) < 4.78 is 11.0. The maximum Gasteiger partial charge on any atom is 0.306 e. The van der Waals surface area contributed by atoms with Crippen LogP contribution in [0.15, 0.2) is 22.7 Å². The zero-order chi connectivity index (χ0) is 20.0. The Morgan fingerprint density at radius 2 is 1.81 bits per heavy atom. The molecule has 1 heterocycles. The number of hydrogen-bond acceptors (Lipinski definition) is 5. The maximum atomic E-state index is 12.4. The van der Waals surface area contributed by atoms with Crippen molar-refractivity contribution in [2.45, 2.75) is 58.0 Å². The molecule has 0 aliphatic carbocycles. The van der Waals surface area contributed by atoms with Crippen LogP contribution in [0, 0.1) is 0 Å². The van der Waals surface area contributed by atoms with Crippen LogP contribution < -0.4 is 4.74 Å². The lowest BCUT2D eigenvalue weighted by atomic mass is 9.97. The molecule has 2 rings (SSSR count). The highest BCUT2D eigenvalue weighted by molar-refractivity contribution is 9.10. The highest BCUT2D eigenvalue weighted by Crippen LogP contribution is 2.25. The van der Waals surface area contributed by atoms with Crippen molar-refractivity contribution in [3.05, 3.63) is 28.2 Å². The van der Waals surface area contributed by atoms with Gasteiger partial charge in [-0.3, -0.25) is 14.4 Å². The minimum absolute atomic E-state index is 0.00361. The van der Waals surface area contributed by atoms with Crippen molar-refractivity contribution in [3.8, 4) is 5.75 Å². The lowest BCUT2D eigenvalue weighted by molar-refractivity contribution is -0.154. The Balaban J connectivity index is 1.83. The van der Waals surface area contributed by atoms with Crippen LogP contribution in [-0.2, 0) is 14.3 Å². The molecule has 0 saturated carbocycles. The second-order valence-electron chi connectivity index (χ2n) is 6.86. The molecule has 0 spiro atoms. The van der Waals surface area contributed by atoms with E-state index >= 15 is 0 Å². The van der Waals surface area contributed by atoms with Gasteiger partial charge in [0.05, 0.1) is 19.1 Å². The normalized spacial score (nSPS) is 19.5. The first-order valence-electron chi connectivity index (χ1n) is 9.17. The van der Waals surface area contributed by atoms with Gasteiger partial charge in [-0.15, -0.1) is 0 Å². The van der Waals surface area contributed by atoms with Gasteiger partial charge in [0, 0.05) is 23.0 Å². The lowest BCUT2D eigenvalue weighted by Gasteiger charge is -2.38. The van der Waals surface area contributed by atoms with Crippen molar-refractivity contribution in [1.82, 2.24) is 4.90 Å². The van der Waals surface area contributed by atoms with E-state index in [0.29, 0.717) is 11.3 Å². The predicted molar refractivity (Wildman–Crippen MR) is 105 cm³/mol. The molecule has 1 saturated heterocycles. The zero-order valence-electron chi connectivity index (χ0n) is 16.0. The molecule has 1 aromatic rings. The third-order valence-electron chi connectivity index (χ3n) is 4.86. The maximum absolute atomic E-state index is 12.4. The Labute approximate surface area is 168 Å². The molecule has 1 amide bonds. The van der Waals surface area contributed by atoms with Crippen molar-refractivity contribution >= 4 is 33.6 Å². The van der Waals surface area contributed by atoms with Gasteiger partial charge in [0.2, 0.25) is 0 Å². The molecule has 2 atom stereocenters. The number of amides is 1. The first-order chi connectivity index (χ1) is 12.8. The largest absolute Gasteiger partial charge is 0.496 e. The molecule has 0 aromatic heterocycles. The first kappa shape index (κ1) is 21.4. The van der Waals surface area contributed by atoms with Crippen molar-refractivity contribution in [2.75, 3.05) is 13.7 Å². The summed E-state index contributed by atoms with van der Waals surface area (Å²) in [4.78, 5) is 38.5. The van der Waals surface area contributed by atoms with E-state index < -0.39 is 5.97 Å². The minimum atomic E-state index is -0.553. The topological polar surface area (TPSA) is 72.9 Å². The molecule has 1 aromatic carbocycles. The zero-order valence-corrected chi connectivity index (χ0v) is 17.6. The number of ether oxygens (including phenoxy) is 2. The fraction of sp³-hybridized carbons (Fsp3) is 0.550. The van der Waals surface area contributed by atoms with Gasteiger partial charge in [-0.05, 0) is 51.3 Å². The number of benzene rings is 1. The second-order valence-corrected chi connectivity index (χ2v) is 7.77. The molecule has 0 N–H and O–H groups in total. The van der Waals surface area contributed by atoms with Crippen LogP contribution in [0.1, 0.15) is 56.3 Å². The molecular weight excluding hydrogens is 414 g/mol. The quantitative estimate of drug-likeness (QED) is 0.477. The summed E-state index contributed by atoms with van der Waals surface area (Å²) in [6.45, 7) is 3.75. The highest BCUT2D eigenvalue weighted by Gasteiger charge is 2.29. The van der Waals surface area contributed by atoms with E-state index in [-0.39, 0.29) is 43.2 Å². The lowest BCUT2D eigenvalue weighted by Crippen LogP contribution is -2.49. The summed E-state index contributed by atoms with van der Waals surface area (Å²) in [5, 5.41) is 0.